The Hall–Kier alpha value is -3.42. The van der Waals surface area contributed by atoms with E-state index >= 15 is 0 Å². The van der Waals surface area contributed by atoms with E-state index in [1.807, 2.05) is 35.2 Å². The number of hydrogen-bond acceptors (Lipinski definition) is 5. The Kier molecular flexibility index (Phi) is 6.22. The normalized spacial score (nSPS) is 14.5. The molecule has 1 fully saturated rings. The zero-order chi connectivity index (χ0) is 20.8. The second-order valence-corrected chi connectivity index (χ2v) is 7.19. The number of piperidine rings is 1. The number of nitrogens with one attached hydrogen (secondary N) is 1. The molecule has 156 valence electrons. The minimum absolute atomic E-state index is 0.0567. The van der Waals surface area contributed by atoms with Crippen LogP contribution in [-0.4, -0.2) is 34.2 Å². The second kappa shape index (κ2) is 9.39. The zero-order valence-corrected chi connectivity index (χ0v) is 16.5. The summed E-state index contributed by atoms with van der Waals surface area (Å²) in [5, 5.41) is 7.03. The lowest BCUT2D eigenvalue weighted by molar-refractivity contribution is 0.179. The van der Waals surface area contributed by atoms with Crippen LogP contribution >= 0.6 is 0 Å². The number of aromatic nitrogens is 2. The molecule has 2 amide bonds. The first-order valence-corrected chi connectivity index (χ1v) is 9.95. The van der Waals surface area contributed by atoms with Gasteiger partial charge in [-0.3, -0.25) is 0 Å². The predicted molar refractivity (Wildman–Crippen MR) is 107 cm³/mol. The standard InChI is InChI=1S/C22H23FN4O3/c23-18-6-8-19(9-7-18)29-15-20-25-21(26-30-20)17-10-12-27(13-11-17)22(28)24-14-16-4-2-1-3-5-16/h1-9,17H,10-15H2,(H,24,28). The molecule has 0 unspecified atom stereocenters. The smallest absolute Gasteiger partial charge is 0.317 e. The summed E-state index contributed by atoms with van der Waals surface area (Å²) < 4.78 is 23.7. The van der Waals surface area contributed by atoms with Crippen LogP contribution in [0.4, 0.5) is 9.18 Å². The fraction of sp³-hybridized carbons (Fsp3) is 0.318. The summed E-state index contributed by atoms with van der Waals surface area (Å²) in [5.74, 6) is 1.37. The summed E-state index contributed by atoms with van der Waals surface area (Å²) in [4.78, 5) is 18.6. The van der Waals surface area contributed by atoms with Crippen molar-refractivity contribution >= 4 is 6.03 Å². The fourth-order valence-electron chi connectivity index (χ4n) is 3.39. The minimum atomic E-state index is -0.317. The van der Waals surface area contributed by atoms with Gasteiger partial charge >= 0.3 is 6.03 Å². The lowest BCUT2D eigenvalue weighted by atomic mass is 9.96. The number of benzene rings is 2. The maximum atomic E-state index is 12.9. The SMILES string of the molecule is O=C(NCc1ccccc1)N1CCC(c2noc(COc3ccc(F)cc3)n2)CC1. The molecule has 3 aromatic rings. The number of ether oxygens (including phenoxy) is 1. The van der Waals surface area contributed by atoms with Crippen molar-refractivity contribution in [3.8, 4) is 5.75 Å². The van der Waals surface area contributed by atoms with Crippen molar-refractivity contribution in [1.29, 1.82) is 0 Å². The van der Waals surface area contributed by atoms with Crippen molar-refractivity contribution in [1.82, 2.24) is 20.4 Å². The van der Waals surface area contributed by atoms with Gasteiger partial charge in [0.1, 0.15) is 11.6 Å². The summed E-state index contributed by atoms with van der Waals surface area (Å²) in [6.07, 6.45) is 1.55. The van der Waals surface area contributed by atoms with Crippen LogP contribution in [0.5, 0.6) is 5.75 Å². The van der Waals surface area contributed by atoms with Crippen LogP contribution in [0.2, 0.25) is 0 Å². The molecular weight excluding hydrogens is 387 g/mol. The molecule has 30 heavy (non-hydrogen) atoms. The Labute approximate surface area is 173 Å². The number of carbonyl (C=O) groups excluding carboxylic acids is 1. The molecule has 7 nitrogen and oxygen atoms in total. The molecule has 0 aliphatic carbocycles. The van der Waals surface area contributed by atoms with Crippen LogP contribution in [0, 0.1) is 5.82 Å². The van der Waals surface area contributed by atoms with Gasteiger partial charge in [-0.1, -0.05) is 35.5 Å². The number of likely N-dealkylation sites (tertiary alicyclic amines) is 1. The van der Waals surface area contributed by atoms with Crippen LogP contribution in [0.25, 0.3) is 0 Å². The predicted octanol–water partition coefficient (Wildman–Crippen LogP) is 3.88. The molecule has 2 aromatic carbocycles. The van der Waals surface area contributed by atoms with E-state index in [9.17, 15) is 9.18 Å². The van der Waals surface area contributed by atoms with Crippen molar-refractivity contribution in [2.24, 2.45) is 0 Å². The van der Waals surface area contributed by atoms with Gasteiger partial charge in [-0.05, 0) is 42.7 Å². The molecule has 1 N–H and O–H groups in total. The van der Waals surface area contributed by atoms with E-state index in [2.05, 4.69) is 15.5 Å². The monoisotopic (exact) mass is 410 g/mol. The van der Waals surface area contributed by atoms with Gasteiger partial charge < -0.3 is 19.5 Å². The van der Waals surface area contributed by atoms with Crippen LogP contribution < -0.4 is 10.1 Å². The highest BCUT2D eigenvalue weighted by atomic mass is 19.1. The first kappa shape index (κ1) is 19.9. The Morgan fingerprint density at radius 1 is 1.13 bits per heavy atom. The van der Waals surface area contributed by atoms with E-state index in [0.717, 1.165) is 18.4 Å². The second-order valence-electron chi connectivity index (χ2n) is 7.19. The summed E-state index contributed by atoms with van der Waals surface area (Å²) in [7, 11) is 0. The Morgan fingerprint density at radius 3 is 2.60 bits per heavy atom. The lowest BCUT2D eigenvalue weighted by Crippen LogP contribution is -2.43. The molecule has 0 spiro atoms. The van der Waals surface area contributed by atoms with Gasteiger partial charge in [-0.15, -0.1) is 0 Å². The van der Waals surface area contributed by atoms with E-state index in [0.29, 0.717) is 37.1 Å². The van der Waals surface area contributed by atoms with Gasteiger partial charge in [0.15, 0.2) is 12.4 Å². The third-order valence-electron chi connectivity index (χ3n) is 5.09. The first-order chi connectivity index (χ1) is 14.7. The van der Waals surface area contributed by atoms with Gasteiger partial charge in [0.25, 0.3) is 5.89 Å². The molecule has 1 aliphatic rings. The largest absolute Gasteiger partial charge is 0.484 e. The summed E-state index contributed by atoms with van der Waals surface area (Å²) >= 11 is 0. The number of hydrogen-bond donors (Lipinski definition) is 1. The van der Waals surface area contributed by atoms with Gasteiger partial charge in [-0.25, -0.2) is 9.18 Å². The quantitative estimate of drug-likeness (QED) is 0.667. The molecule has 0 radical (unpaired) electrons. The van der Waals surface area contributed by atoms with Crippen LogP contribution in [0.1, 0.15) is 36.0 Å². The Morgan fingerprint density at radius 2 is 1.87 bits per heavy atom. The maximum Gasteiger partial charge on any atom is 0.317 e. The fourth-order valence-corrected chi connectivity index (χ4v) is 3.39. The summed E-state index contributed by atoms with van der Waals surface area (Å²) in [6, 6.07) is 15.5. The average molecular weight is 410 g/mol. The third kappa shape index (κ3) is 5.14. The molecule has 1 aliphatic heterocycles. The number of amides is 2. The van der Waals surface area contributed by atoms with Crippen molar-refractivity contribution in [2.75, 3.05) is 13.1 Å². The molecular formula is C22H23FN4O3. The molecule has 2 heterocycles. The molecule has 0 atom stereocenters. The summed E-state index contributed by atoms with van der Waals surface area (Å²) in [6.45, 7) is 1.92. The van der Waals surface area contributed by atoms with E-state index in [1.165, 1.54) is 12.1 Å². The van der Waals surface area contributed by atoms with E-state index < -0.39 is 0 Å². The van der Waals surface area contributed by atoms with Crippen molar-refractivity contribution < 1.29 is 18.4 Å². The minimum Gasteiger partial charge on any atom is -0.484 e. The van der Waals surface area contributed by atoms with E-state index in [1.54, 1.807) is 12.1 Å². The number of nitrogens with zero attached hydrogens (tertiary/aromatic N) is 3. The first-order valence-electron chi connectivity index (χ1n) is 9.95. The molecule has 0 saturated carbocycles. The van der Waals surface area contributed by atoms with E-state index in [-0.39, 0.29) is 24.4 Å². The number of carbonyl (C=O) groups is 1. The number of halogens is 1. The average Bonchev–Trinajstić information content (AvgIpc) is 3.27. The van der Waals surface area contributed by atoms with Gasteiger partial charge in [0, 0.05) is 25.6 Å². The van der Waals surface area contributed by atoms with Crippen molar-refractivity contribution in [3.05, 3.63) is 77.7 Å². The third-order valence-corrected chi connectivity index (χ3v) is 5.09. The Balaban J connectivity index is 1.23. The topological polar surface area (TPSA) is 80.5 Å². The van der Waals surface area contributed by atoms with Gasteiger partial charge in [0.05, 0.1) is 0 Å². The van der Waals surface area contributed by atoms with Crippen molar-refractivity contribution in [3.63, 3.8) is 0 Å². The van der Waals surface area contributed by atoms with Crippen LogP contribution in [-0.2, 0) is 13.2 Å². The Bertz CT molecular complexity index is 954. The number of rotatable bonds is 6. The number of urea groups is 1. The highest BCUT2D eigenvalue weighted by molar-refractivity contribution is 5.74. The molecule has 1 aromatic heterocycles. The summed E-state index contributed by atoms with van der Waals surface area (Å²) in [5.41, 5.74) is 1.07. The molecule has 4 rings (SSSR count). The van der Waals surface area contributed by atoms with Gasteiger partial charge in [0.2, 0.25) is 0 Å². The van der Waals surface area contributed by atoms with Gasteiger partial charge in [-0.2, -0.15) is 4.98 Å². The van der Waals surface area contributed by atoms with Crippen LogP contribution in [0.3, 0.4) is 0 Å². The van der Waals surface area contributed by atoms with E-state index in [4.69, 9.17) is 9.26 Å². The van der Waals surface area contributed by atoms with Crippen LogP contribution in [0.15, 0.2) is 59.1 Å². The highest BCUT2D eigenvalue weighted by Gasteiger charge is 2.27. The zero-order valence-electron chi connectivity index (χ0n) is 16.5. The molecule has 8 heteroatoms. The molecule has 0 bridgehead atoms. The maximum absolute atomic E-state index is 12.9. The lowest BCUT2D eigenvalue weighted by Gasteiger charge is -2.30. The molecule has 1 saturated heterocycles. The van der Waals surface area contributed by atoms with Crippen molar-refractivity contribution in [2.45, 2.75) is 31.9 Å². The highest BCUT2D eigenvalue weighted by Crippen LogP contribution is 2.26.